The molecule has 0 aliphatic carbocycles. The summed E-state index contributed by atoms with van der Waals surface area (Å²) in [5, 5.41) is 7.22. The van der Waals surface area contributed by atoms with E-state index in [9.17, 15) is 18.8 Å². The number of halogens is 1. The molecule has 0 bridgehead atoms. The minimum Gasteiger partial charge on any atom is -0.496 e. The molecule has 208 valence electrons. The van der Waals surface area contributed by atoms with E-state index in [0.717, 1.165) is 0 Å². The fraction of sp³-hybridized carbons (Fsp3) is 0.357. The second-order valence-corrected chi connectivity index (χ2v) is 9.17. The summed E-state index contributed by atoms with van der Waals surface area (Å²) in [4.78, 5) is 38.0. The number of carbonyl (C=O) groups excluding carboxylic acids is 3. The van der Waals surface area contributed by atoms with Gasteiger partial charge in [0.1, 0.15) is 23.9 Å². The van der Waals surface area contributed by atoms with Crippen LogP contribution in [0.3, 0.4) is 0 Å². The van der Waals surface area contributed by atoms with E-state index >= 15 is 0 Å². The third kappa shape index (κ3) is 7.13. The summed E-state index contributed by atoms with van der Waals surface area (Å²) in [6.07, 6.45) is 1.05. The quantitative estimate of drug-likeness (QED) is 0.260. The van der Waals surface area contributed by atoms with Crippen LogP contribution in [0.2, 0.25) is 0 Å². The molecule has 0 aliphatic heterocycles. The van der Waals surface area contributed by atoms with Gasteiger partial charge in [0.05, 0.1) is 38.3 Å². The minimum absolute atomic E-state index is 0.0648. The maximum Gasteiger partial charge on any atom is 0.325 e. The van der Waals surface area contributed by atoms with Gasteiger partial charge in [0.15, 0.2) is 5.82 Å². The van der Waals surface area contributed by atoms with Gasteiger partial charge >= 0.3 is 5.97 Å². The number of esters is 1. The predicted octanol–water partition coefficient (Wildman–Crippen LogP) is 3.75. The van der Waals surface area contributed by atoms with Crippen LogP contribution >= 0.6 is 0 Å². The van der Waals surface area contributed by atoms with Crippen LogP contribution in [-0.4, -0.2) is 62.0 Å². The van der Waals surface area contributed by atoms with Crippen LogP contribution in [0.4, 0.5) is 10.2 Å². The Morgan fingerprint density at radius 3 is 2.26 bits per heavy atom. The molecular weight excluding hydrogens is 507 g/mol. The van der Waals surface area contributed by atoms with E-state index in [1.54, 1.807) is 41.1 Å². The molecule has 2 aromatic carbocycles. The van der Waals surface area contributed by atoms with Gasteiger partial charge in [-0.05, 0) is 48.7 Å². The number of benzene rings is 2. The number of anilines is 1. The molecule has 3 rings (SSSR count). The normalized spacial score (nSPS) is 11.6. The number of hydrogen-bond acceptors (Lipinski definition) is 7. The van der Waals surface area contributed by atoms with Crippen molar-refractivity contribution in [1.29, 1.82) is 0 Å². The number of ether oxygens (including phenoxy) is 3. The highest BCUT2D eigenvalue weighted by atomic mass is 19.1. The number of methoxy groups -OCH3 is 3. The van der Waals surface area contributed by atoms with Crippen LogP contribution in [0.5, 0.6) is 11.5 Å². The number of rotatable bonds is 13. The van der Waals surface area contributed by atoms with Gasteiger partial charge in [-0.2, -0.15) is 0 Å². The van der Waals surface area contributed by atoms with E-state index in [2.05, 4.69) is 10.1 Å². The van der Waals surface area contributed by atoms with Gasteiger partial charge < -0.3 is 19.5 Å². The number of hydrogen-bond donors (Lipinski definition) is 1. The Morgan fingerprint density at radius 2 is 1.72 bits per heavy atom. The minimum atomic E-state index is -0.579. The SMILES string of the molecule is COC(=O)CNC(=O)C[C@H](CC(C)C)N(C=O)c1cc(-c2c(OC)cccc2OC)n(-c2ccc(F)cc2)n1. The van der Waals surface area contributed by atoms with Crippen molar-refractivity contribution in [3.05, 3.63) is 54.3 Å². The summed E-state index contributed by atoms with van der Waals surface area (Å²) in [6.45, 7) is 3.68. The molecular formula is C28H33FN4O6. The highest BCUT2D eigenvalue weighted by Gasteiger charge is 2.28. The Kier molecular flexibility index (Phi) is 10.0. The molecule has 0 spiro atoms. The van der Waals surface area contributed by atoms with Gasteiger partial charge in [0, 0.05) is 18.5 Å². The summed E-state index contributed by atoms with van der Waals surface area (Å²) < 4.78 is 31.1. The van der Waals surface area contributed by atoms with Crippen molar-refractivity contribution >= 4 is 24.1 Å². The molecule has 11 heteroatoms. The molecule has 1 aromatic heterocycles. The molecule has 3 aromatic rings. The molecule has 1 atom stereocenters. The van der Waals surface area contributed by atoms with E-state index in [1.165, 1.54) is 38.4 Å². The van der Waals surface area contributed by atoms with Crippen molar-refractivity contribution in [2.75, 3.05) is 32.8 Å². The molecule has 0 fully saturated rings. The number of aromatic nitrogens is 2. The van der Waals surface area contributed by atoms with Crippen molar-refractivity contribution < 1.29 is 33.0 Å². The molecule has 0 saturated carbocycles. The zero-order valence-corrected chi connectivity index (χ0v) is 22.6. The highest BCUT2D eigenvalue weighted by Crippen LogP contribution is 2.41. The van der Waals surface area contributed by atoms with Crippen LogP contribution < -0.4 is 19.7 Å². The van der Waals surface area contributed by atoms with Gasteiger partial charge in [0.2, 0.25) is 12.3 Å². The molecule has 0 aliphatic rings. The summed E-state index contributed by atoms with van der Waals surface area (Å²) in [6, 6.07) is 12.2. The lowest BCUT2D eigenvalue weighted by atomic mass is 9.99. The third-order valence-corrected chi connectivity index (χ3v) is 6.05. The van der Waals surface area contributed by atoms with Crippen molar-refractivity contribution in [1.82, 2.24) is 15.1 Å². The first-order chi connectivity index (χ1) is 18.7. The maximum atomic E-state index is 13.7. The summed E-state index contributed by atoms with van der Waals surface area (Å²) >= 11 is 0. The number of nitrogens with one attached hydrogen (secondary N) is 1. The fourth-order valence-corrected chi connectivity index (χ4v) is 4.25. The van der Waals surface area contributed by atoms with E-state index in [1.807, 2.05) is 13.8 Å². The monoisotopic (exact) mass is 540 g/mol. The first-order valence-corrected chi connectivity index (χ1v) is 12.4. The molecule has 0 unspecified atom stereocenters. The highest BCUT2D eigenvalue weighted by molar-refractivity contribution is 5.85. The Morgan fingerprint density at radius 1 is 1.08 bits per heavy atom. The number of amides is 2. The first kappa shape index (κ1) is 29.2. The van der Waals surface area contributed by atoms with Gasteiger partial charge in [0.25, 0.3) is 0 Å². The summed E-state index contributed by atoms with van der Waals surface area (Å²) in [5.74, 6) is 0.00644. The second-order valence-electron chi connectivity index (χ2n) is 9.17. The zero-order valence-electron chi connectivity index (χ0n) is 22.6. The van der Waals surface area contributed by atoms with Crippen LogP contribution in [0.25, 0.3) is 16.9 Å². The van der Waals surface area contributed by atoms with E-state index < -0.39 is 23.7 Å². The zero-order chi connectivity index (χ0) is 28.5. The average Bonchev–Trinajstić information content (AvgIpc) is 3.35. The van der Waals surface area contributed by atoms with Crippen LogP contribution in [0, 0.1) is 11.7 Å². The number of carbonyl (C=O) groups is 3. The predicted molar refractivity (Wildman–Crippen MR) is 143 cm³/mol. The Labute approximate surface area is 226 Å². The molecule has 1 heterocycles. The molecule has 0 radical (unpaired) electrons. The maximum absolute atomic E-state index is 13.7. The van der Waals surface area contributed by atoms with Gasteiger partial charge in [-0.3, -0.25) is 19.3 Å². The largest absolute Gasteiger partial charge is 0.496 e. The van der Waals surface area contributed by atoms with E-state index in [0.29, 0.717) is 41.3 Å². The Hall–Kier alpha value is -4.41. The third-order valence-electron chi connectivity index (χ3n) is 6.05. The molecule has 39 heavy (non-hydrogen) atoms. The molecule has 2 amide bonds. The molecule has 10 nitrogen and oxygen atoms in total. The lowest BCUT2D eigenvalue weighted by Gasteiger charge is -2.27. The van der Waals surface area contributed by atoms with Crippen LogP contribution in [-0.2, 0) is 19.1 Å². The average molecular weight is 541 g/mol. The second kappa shape index (κ2) is 13.4. The molecule has 1 N–H and O–H groups in total. The lowest BCUT2D eigenvalue weighted by Crippen LogP contribution is -2.41. The van der Waals surface area contributed by atoms with Crippen molar-refractivity contribution in [2.24, 2.45) is 5.92 Å². The Balaban J connectivity index is 2.12. The van der Waals surface area contributed by atoms with Gasteiger partial charge in [-0.15, -0.1) is 5.10 Å². The van der Waals surface area contributed by atoms with E-state index in [-0.39, 0.29) is 24.7 Å². The lowest BCUT2D eigenvalue weighted by molar-refractivity contribution is -0.141. The number of nitrogens with zero attached hydrogens (tertiary/aromatic N) is 3. The van der Waals surface area contributed by atoms with Crippen molar-refractivity contribution in [2.45, 2.75) is 32.7 Å². The van der Waals surface area contributed by atoms with Crippen LogP contribution in [0.1, 0.15) is 26.7 Å². The standard InChI is InChI=1S/C28H33FN4O6/c1-18(2)13-21(14-26(35)30-16-27(36)39-5)32(17-34)25-15-22(28-23(37-3)7-6-8-24(28)38-4)33(31-25)20-11-9-19(29)10-12-20/h6-12,15,17-18,21H,13-14,16H2,1-5H3,(H,30,35)/t21-/m0/s1. The van der Waals surface area contributed by atoms with Crippen molar-refractivity contribution in [3.8, 4) is 28.4 Å². The Bertz CT molecular complexity index is 1270. The summed E-state index contributed by atoms with van der Waals surface area (Å²) in [5.41, 5.74) is 1.64. The summed E-state index contributed by atoms with van der Waals surface area (Å²) in [7, 11) is 4.29. The van der Waals surface area contributed by atoms with Gasteiger partial charge in [-0.25, -0.2) is 9.07 Å². The topological polar surface area (TPSA) is 112 Å². The van der Waals surface area contributed by atoms with Gasteiger partial charge in [-0.1, -0.05) is 19.9 Å². The van der Waals surface area contributed by atoms with Crippen LogP contribution in [0.15, 0.2) is 48.5 Å². The van der Waals surface area contributed by atoms with E-state index in [4.69, 9.17) is 14.6 Å². The molecule has 0 saturated heterocycles. The smallest absolute Gasteiger partial charge is 0.325 e. The first-order valence-electron chi connectivity index (χ1n) is 12.4. The fourth-order valence-electron chi connectivity index (χ4n) is 4.25. The van der Waals surface area contributed by atoms with Crippen molar-refractivity contribution in [3.63, 3.8) is 0 Å².